The van der Waals surface area contributed by atoms with Crippen molar-refractivity contribution in [2.24, 2.45) is 0 Å². The van der Waals surface area contributed by atoms with E-state index in [1.54, 1.807) is 0 Å². The molecular formula is C17H29N3. The Hall–Kier alpha value is -0.900. The first-order valence-corrected chi connectivity index (χ1v) is 7.79. The van der Waals surface area contributed by atoms with Gasteiger partial charge in [-0.3, -0.25) is 4.90 Å². The van der Waals surface area contributed by atoms with Crippen molar-refractivity contribution < 1.29 is 0 Å². The average Bonchev–Trinajstić information content (AvgIpc) is 2.45. The van der Waals surface area contributed by atoms with Crippen molar-refractivity contribution >= 4 is 0 Å². The molecule has 3 heteroatoms. The quantitative estimate of drug-likeness (QED) is 0.889. The van der Waals surface area contributed by atoms with Gasteiger partial charge in [0.25, 0.3) is 0 Å². The van der Waals surface area contributed by atoms with Crippen molar-refractivity contribution in [1.82, 2.24) is 15.1 Å². The molecule has 2 atom stereocenters. The maximum absolute atomic E-state index is 3.76. The highest BCUT2D eigenvalue weighted by Gasteiger charge is 2.22. The molecular weight excluding hydrogens is 246 g/mol. The van der Waals surface area contributed by atoms with Crippen LogP contribution in [0.2, 0.25) is 0 Å². The molecule has 1 heterocycles. The third-order valence-electron chi connectivity index (χ3n) is 4.47. The number of nitrogens with zero attached hydrogens (tertiary/aromatic N) is 2. The van der Waals surface area contributed by atoms with E-state index in [2.05, 4.69) is 67.3 Å². The molecule has 1 N–H and O–H groups in total. The van der Waals surface area contributed by atoms with Crippen molar-refractivity contribution in [2.75, 3.05) is 40.3 Å². The second-order valence-corrected chi connectivity index (χ2v) is 6.18. The van der Waals surface area contributed by atoms with Gasteiger partial charge in [-0.1, -0.05) is 36.8 Å². The maximum Gasteiger partial charge on any atom is 0.0345 e. The summed E-state index contributed by atoms with van der Waals surface area (Å²) in [5.41, 5.74) is 2.74. The van der Waals surface area contributed by atoms with Crippen LogP contribution in [0.3, 0.4) is 0 Å². The number of nitrogens with one attached hydrogen (secondary N) is 1. The molecule has 1 aromatic rings. The molecule has 1 aliphatic heterocycles. The Morgan fingerprint density at radius 1 is 1.20 bits per heavy atom. The second-order valence-electron chi connectivity index (χ2n) is 6.18. The van der Waals surface area contributed by atoms with Crippen LogP contribution >= 0.6 is 0 Å². The van der Waals surface area contributed by atoms with Gasteiger partial charge < -0.3 is 10.2 Å². The van der Waals surface area contributed by atoms with Gasteiger partial charge in [-0.05, 0) is 33.0 Å². The van der Waals surface area contributed by atoms with E-state index < -0.39 is 0 Å². The first-order chi connectivity index (χ1) is 9.60. The molecule has 2 rings (SSSR count). The first-order valence-electron chi connectivity index (χ1n) is 7.79. The highest BCUT2D eigenvalue weighted by atomic mass is 15.3. The predicted octanol–water partition coefficient (Wildman–Crippen LogP) is 2.28. The SMILES string of the molecule is CCC(NCC1CN(C)CCN1C)c1ccc(C)cc1. The van der Waals surface area contributed by atoms with Crippen LogP contribution in [0.1, 0.15) is 30.5 Å². The molecule has 2 unspecified atom stereocenters. The Kier molecular flexibility index (Phi) is 5.58. The number of likely N-dealkylation sites (N-methyl/N-ethyl adjacent to an activating group) is 2. The lowest BCUT2D eigenvalue weighted by Crippen LogP contribution is -2.54. The minimum absolute atomic E-state index is 0.469. The molecule has 1 saturated heterocycles. The van der Waals surface area contributed by atoms with E-state index in [0.717, 1.165) is 19.5 Å². The predicted molar refractivity (Wildman–Crippen MR) is 86.1 cm³/mol. The van der Waals surface area contributed by atoms with Gasteiger partial charge in [0, 0.05) is 38.3 Å². The van der Waals surface area contributed by atoms with E-state index in [0.29, 0.717) is 12.1 Å². The monoisotopic (exact) mass is 275 g/mol. The normalized spacial score (nSPS) is 22.9. The zero-order chi connectivity index (χ0) is 14.5. The topological polar surface area (TPSA) is 18.5 Å². The summed E-state index contributed by atoms with van der Waals surface area (Å²) in [5.74, 6) is 0. The van der Waals surface area contributed by atoms with Crippen molar-refractivity contribution in [3.63, 3.8) is 0 Å². The summed E-state index contributed by atoms with van der Waals surface area (Å²) in [6.07, 6.45) is 1.13. The first kappa shape index (κ1) is 15.5. The summed E-state index contributed by atoms with van der Waals surface area (Å²) in [6, 6.07) is 10.0. The van der Waals surface area contributed by atoms with Crippen LogP contribution in [-0.2, 0) is 0 Å². The fraction of sp³-hybridized carbons (Fsp3) is 0.647. The molecule has 0 bridgehead atoms. The largest absolute Gasteiger partial charge is 0.308 e. The van der Waals surface area contributed by atoms with E-state index >= 15 is 0 Å². The lowest BCUT2D eigenvalue weighted by atomic mass is 10.0. The molecule has 3 nitrogen and oxygen atoms in total. The van der Waals surface area contributed by atoms with Gasteiger partial charge in [-0.2, -0.15) is 0 Å². The van der Waals surface area contributed by atoms with Gasteiger partial charge in [0.15, 0.2) is 0 Å². The van der Waals surface area contributed by atoms with Gasteiger partial charge in [-0.15, -0.1) is 0 Å². The minimum Gasteiger partial charge on any atom is -0.308 e. The summed E-state index contributed by atoms with van der Waals surface area (Å²) >= 11 is 0. The van der Waals surface area contributed by atoms with E-state index in [9.17, 15) is 0 Å². The molecule has 0 amide bonds. The van der Waals surface area contributed by atoms with Crippen LogP contribution in [0.4, 0.5) is 0 Å². The lowest BCUT2D eigenvalue weighted by Gasteiger charge is -2.38. The van der Waals surface area contributed by atoms with Crippen LogP contribution < -0.4 is 5.32 Å². The van der Waals surface area contributed by atoms with Crippen molar-refractivity contribution in [3.05, 3.63) is 35.4 Å². The average molecular weight is 275 g/mol. The smallest absolute Gasteiger partial charge is 0.0345 e. The molecule has 0 radical (unpaired) electrons. The van der Waals surface area contributed by atoms with Gasteiger partial charge >= 0.3 is 0 Å². The van der Waals surface area contributed by atoms with Gasteiger partial charge in [-0.25, -0.2) is 0 Å². The van der Waals surface area contributed by atoms with Gasteiger partial charge in [0.1, 0.15) is 0 Å². The highest BCUT2D eigenvalue weighted by molar-refractivity contribution is 5.24. The van der Waals surface area contributed by atoms with Crippen molar-refractivity contribution in [3.8, 4) is 0 Å². The molecule has 1 aromatic carbocycles. The molecule has 0 aliphatic carbocycles. The van der Waals surface area contributed by atoms with Gasteiger partial charge in [0.2, 0.25) is 0 Å². The number of piperazine rings is 1. The van der Waals surface area contributed by atoms with Crippen LogP contribution in [0.5, 0.6) is 0 Å². The number of hydrogen-bond donors (Lipinski definition) is 1. The Bertz CT molecular complexity index is 401. The molecule has 0 spiro atoms. The molecule has 0 saturated carbocycles. The summed E-state index contributed by atoms with van der Waals surface area (Å²) in [7, 11) is 4.46. The standard InChI is InChI=1S/C17H29N3/c1-5-17(15-8-6-14(2)7-9-15)18-12-16-13-19(3)10-11-20(16)4/h6-9,16-18H,5,10-13H2,1-4H3. The van der Waals surface area contributed by atoms with Crippen LogP contribution in [0.15, 0.2) is 24.3 Å². The van der Waals surface area contributed by atoms with Gasteiger partial charge in [0.05, 0.1) is 0 Å². The third kappa shape index (κ3) is 4.05. The maximum atomic E-state index is 3.76. The summed E-state index contributed by atoms with van der Waals surface area (Å²) in [5, 5.41) is 3.76. The van der Waals surface area contributed by atoms with E-state index in [1.807, 2.05) is 0 Å². The second kappa shape index (κ2) is 7.21. The summed E-state index contributed by atoms with van der Waals surface area (Å²) in [6.45, 7) is 8.98. The molecule has 112 valence electrons. The van der Waals surface area contributed by atoms with Crippen molar-refractivity contribution in [2.45, 2.75) is 32.4 Å². The summed E-state index contributed by atoms with van der Waals surface area (Å²) in [4.78, 5) is 4.91. The van der Waals surface area contributed by atoms with E-state index in [-0.39, 0.29) is 0 Å². The zero-order valence-electron chi connectivity index (χ0n) is 13.4. The minimum atomic E-state index is 0.469. The molecule has 0 aromatic heterocycles. The number of benzene rings is 1. The lowest BCUT2D eigenvalue weighted by molar-refractivity contribution is 0.111. The van der Waals surface area contributed by atoms with Crippen LogP contribution in [0.25, 0.3) is 0 Å². The Balaban J connectivity index is 1.91. The van der Waals surface area contributed by atoms with Crippen LogP contribution in [-0.4, -0.2) is 56.1 Å². The fourth-order valence-corrected chi connectivity index (χ4v) is 2.90. The molecule has 1 aliphatic rings. The highest BCUT2D eigenvalue weighted by Crippen LogP contribution is 2.17. The Labute approximate surface area is 124 Å². The Morgan fingerprint density at radius 2 is 1.90 bits per heavy atom. The number of aryl methyl sites for hydroxylation is 1. The molecule has 20 heavy (non-hydrogen) atoms. The fourth-order valence-electron chi connectivity index (χ4n) is 2.90. The Morgan fingerprint density at radius 3 is 2.55 bits per heavy atom. The van der Waals surface area contributed by atoms with Crippen LogP contribution in [0, 0.1) is 6.92 Å². The number of rotatable bonds is 5. The zero-order valence-corrected chi connectivity index (χ0v) is 13.4. The number of hydrogen-bond acceptors (Lipinski definition) is 3. The van der Waals surface area contributed by atoms with Crippen molar-refractivity contribution in [1.29, 1.82) is 0 Å². The molecule has 1 fully saturated rings. The third-order valence-corrected chi connectivity index (χ3v) is 4.47. The summed E-state index contributed by atoms with van der Waals surface area (Å²) < 4.78 is 0. The van der Waals surface area contributed by atoms with E-state index in [4.69, 9.17) is 0 Å². The van der Waals surface area contributed by atoms with E-state index in [1.165, 1.54) is 24.2 Å².